The van der Waals surface area contributed by atoms with Gasteiger partial charge in [0.05, 0.1) is 12.2 Å². The molecule has 2 N–H and O–H groups in total. The fourth-order valence-electron chi connectivity index (χ4n) is 2.36. The Bertz CT molecular complexity index is 349. The average Bonchev–Trinajstić information content (AvgIpc) is 2.15. The van der Waals surface area contributed by atoms with Crippen LogP contribution in [0, 0.1) is 0 Å². The molecule has 2 atom stereocenters. The van der Waals surface area contributed by atoms with Crippen molar-refractivity contribution in [3.05, 3.63) is 29.8 Å². The van der Waals surface area contributed by atoms with Crippen LogP contribution in [0.25, 0.3) is 0 Å². The van der Waals surface area contributed by atoms with Crippen LogP contribution in [0.4, 0.5) is 5.69 Å². The van der Waals surface area contributed by atoms with E-state index in [-0.39, 0.29) is 12.4 Å². The van der Waals surface area contributed by atoms with Crippen LogP contribution >= 0.6 is 12.4 Å². The van der Waals surface area contributed by atoms with Gasteiger partial charge in [0, 0.05) is 25.3 Å². The van der Waals surface area contributed by atoms with Gasteiger partial charge < -0.3 is 10.5 Å². The maximum Gasteiger partial charge on any atom is 0.0678 e. The number of anilines is 1. The van der Waals surface area contributed by atoms with Gasteiger partial charge in [-0.25, -0.2) is 0 Å². The number of nitrogens with zero attached hydrogens (tertiary/aromatic N) is 1. The Labute approximate surface area is 109 Å². The highest BCUT2D eigenvalue weighted by Gasteiger charge is 2.21. The summed E-state index contributed by atoms with van der Waals surface area (Å²) in [6.45, 7) is 7.21. The lowest BCUT2D eigenvalue weighted by atomic mass is 10.1. The minimum absolute atomic E-state index is 0. The molecule has 2 rings (SSSR count). The molecular weight excluding hydrogens is 236 g/mol. The zero-order chi connectivity index (χ0) is 11.5. The molecule has 0 bridgehead atoms. The van der Waals surface area contributed by atoms with Crippen LogP contribution in [0.5, 0.6) is 0 Å². The minimum Gasteiger partial charge on any atom is -0.399 e. The first-order chi connectivity index (χ1) is 7.63. The summed E-state index contributed by atoms with van der Waals surface area (Å²) < 4.78 is 5.71. The third-order valence-electron chi connectivity index (χ3n) is 2.85. The minimum atomic E-state index is 0. The number of ether oxygens (including phenoxy) is 1. The van der Waals surface area contributed by atoms with Crippen LogP contribution in [-0.2, 0) is 11.3 Å². The third kappa shape index (κ3) is 4.19. The van der Waals surface area contributed by atoms with Crippen molar-refractivity contribution >= 4 is 18.1 Å². The van der Waals surface area contributed by atoms with E-state index >= 15 is 0 Å². The molecule has 17 heavy (non-hydrogen) atoms. The summed E-state index contributed by atoms with van der Waals surface area (Å²) in [7, 11) is 0. The van der Waals surface area contributed by atoms with E-state index in [2.05, 4.69) is 24.8 Å². The van der Waals surface area contributed by atoms with Gasteiger partial charge in [0.2, 0.25) is 0 Å². The zero-order valence-electron chi connectivity index (χ0n) is 10.4. The number of nitrogen functional groups attached to an aromatic ring is 1. The summed E-state index contributed by atoms with van der Waals surface area (Å²) >= 11 is 0. The monoisotopic (exact) mass is 256 g/mol. The largest absolute Gasteiger partial charge is 0.399 e. The van der Waals surface area contributed by atoms with Crippen molar-refractivity contribution in [1.29, 1.82) is 0 Å². The highest BCUT2D eigenvalue weighted by Crippen LogP contribution is 2.15. The smallest absolute Gasteiger partial charge is 0.0678 e. The number of halogens is 1. The first-order valence-electron chi connectivity index (χ1n) is 5.85. The van der Waals surface area contributed by atoms with Gasteiger partial charge in [-0.2, -0.15) is 0 Å². The molecule has 4 heteroatoms. The van der Waals surface area contributed by atoms with Crippen LogP contribution in [0.2, 0.25) is 0 Å². The Hall–Kier alpha value is -0.770. The van der Waals surface area contributed by atoms with Crippen LogP contribution < -0.4 is 5.73 Å². The van der Waals surface area contributed by atoms with Gasteiger partial charge in [-0.3, -0.25) is 4.90 Å². The highest BCUT2D eigenvalue weighted by atomic mass is 35.5. The van der Waals surface area contributed by atoms with E-state index in [4.69, 9.17) is 10.5 Å². The van der Waals surface area contributed by atoms with Gasteiger partial charge in [0.15, 0.2) is 0 Å². The van der Waals surface area contributed by atoms with Crippen molar-refractivity contribution < 1.29 is 4.74 Å². The first kappa shape index (κ1) is 14.3. The quantitative estimate of drug-likeness (QED) is 0.826. The standard InChI is InChI=1S/C13H20N2O.ClH/c1-10-7-15(8-11(2)16-10)9-12-4-3-5-13(14)6-12;/h3-6,10-11H,7-9,14H2,1-2H3;1H/t10-,11+;. The molecule has 0 saturated carbocycles. The lowest BCUT2D eigenvalue weighted by molar-refractivity contribution is -0.0704. The van der Waals surface area contributed by atoms with Crippen LogP contribution in [0.15, 0.2) is 24.3 Å². The Morgan fingerprint density at radius 3 is 2.53 bits per heavy atom. The Morgan fingerprint density at radius 2 is 1.94 bits per heavy atom. The lowest BCUT2D eigenvalue weighted by Gasteiger charge is -2.35. The van der Waals surface area contributed by atoms with Gasteiger partial charge in [-0.05, 0) is 31.5 Å². The molecule has 1 aliphatic heterocycles. The summed E-state index contributed by atoms with van der Waals surface area (Å²) in [6.07, 6.45) is 0.648. The second-order valence-corrected chi connectivity index (χ2v) is 4.70. The fourth-order valence-corrected chi connectivity index (χ4v) is 2.36. The number of nitrogens with two attached hydrogens (primary N) is 1. The second kappa shape index (κ2) is 6.24. The molecule has 3 nitrogen and oxygen atoms in total. The summed E-state index contributed by atoms with van der Waals surface area (Å²) in [6, 6.07) is 8.11. The summed E-state index contributed by atoms with van der Waals surface area (Å²) in [5.41, 5.74) is 7.89. The van der Waals surface area contributed by atoms with Crippen molar-refractivity contribution in [2.24, 2.45) is 0 Å². The van der Waals surface area contributed by atoms with Gasteiger partial charge in [-0.1, -0.05) is 12.1 Å². The number of hydrogen-bond acceptors (Lipinski definition) is 3. The van der Waals surface area contributed by atoms with E-state index in [1.807, 2.05) is 18.2 Å². The average molecular weight is 257 g/mol. The summed E-state index contributed by atoms with van der Waals surface area (Å²) in [5, 5.41) is 0. The van der Waals surface area contributed by atoms with Crippen molar-refractivity contribution in [2.45, 2.75) is 32.6 Å². The van der Waals surface area contributed by atoms with Crippen molar-refractivity contribution in [3.8, 4) is 0 Å². The van der Waals surface area contributed by atoms with E-state index in [1.54, 1.807) is 0 Å². The van der Waals surface area contributed by atoms with Crippen LogP contribution in [0.3, 0.4) is 0 Å². The topological polar surface area (TPSA) is 38.5 Å². The van der Waals surface area contributed by atoms with E-state index in [9.17, 15) is 0 Å². The molecule has 1 heterocycles. The van der Waals surface area contributed by atoms with Crippen LogP contribution in [0.1, 0.15) is 19.4 Å². The number of hydrogen-bond donors (Lipinski definition) is 1. The molecule has 1 aliphatic rings. The molecule has 96 valence electrons. The van der Waals surface area contributed by atoms with Gasteiger partial charge in [-0.15, -0.1) is 12.4 Å². The Morgan fingerprint density at radius 1 is 1.29 bits per heavy atom. The molecule has 0 aromatic heterocycles. The molecular formula is C13H21ClN2O. The van der Waals surface area contributed by atoms with Gasteiger partial charge >= 0.3 is 0 Å². The Kier molecular flexibility index (Phi) is 5.25. The lowest BCUT2D eigenvalue weighted by Crippen LogP contribution is -2.44. The van der Waals surface area contributed by atoms with Gasteiger partial charge in [0.25, 0.3) is 0 Å². The number of benzene rings is 1. The number of rotatable bonds is 2. The van der Waals surface area contributed by atoms with E-state index in [1.165, 1.54) is 5.56 Å². The predicted octanol–water partition coefficient (Wildman–Crippen LogP) is 2.30. The van der Waals surface area contributed by atoms with Crippen molar-refractivity contribution in [3.63, 3.8) is 0 Å². The molecule has 1 aromatic rings. The summed E-state index contributed by atoms with van der Waals surface area (Å²) in [4.78, 5) is 2.42. The third-order valence-corrected chi connectivity index (χ3v) is 2.85. The van der Waals surface area contributed by atoms with E-state index in [0.717, 1.165) is 25.3 Å². The normalized spacial score (nSPS) is 25.3. The molecule has 0 spiro atoms. The van der Waals surface area contributed by atoms with E-state index in [0.29, 0.717) is 12.2 Å². The zero-order valence-corrected chi connectivity index (χ0v) is 11.2. The maximum atomic E-state index is 5.78. The molecule has 0 radical (unpaired) electrons. The molecule has 0 aliphatic carbocycles. The maximum absolute atomic E-state index is 5.78. The molecule has 1 aromatic carbocycles. The molecule has 0 amide bonds. The van der Waals surface area contributed by atoms with Crippen LogP contribution in [-0.4, -0.2) is 30.2 Å². The SMILES string of the molecule is C[C@@H]1CN(Cc2cccc(N)c2)C[C@H](C)O1.Cl. The second-order valence-electron chi connectivity index (χ2n) is 4.70. The summed E-state index contributed by atoms with van der Waals surface area (Å²) in [5.74, 6) is 0. The van der Waals surface area contributed by atoms with Crippen molar-refractivity contribution in [1.82, 2.24) is 4.90 Å². The first-order valence-corrected chi connectivity index (χ1v) is 5.85. The molecule has 1 saturated heterocycles. The van der Waals surface area contributed by atoms with Gasteiger partial charge in [0.1, 0.15) is 0 Å². The van der Waals surface area contributed by atoms with E-state index < -0.39 is 0 Å². The van der Waals surface area contributed by atoms with Crippen molar-refractivity contribution in [2.75, 3.05) is 18.8 Å². The Balaban J connectivity index is 0.00000144. The predicted molar refractivity (Wildman–Crippen MR) is 73.4 cm³/mol. The molecule has 0 unspecified atom stereocenters. The fraction of sp³-hybridized carbons (Fsp3) is 0.538. The highest BCUT2D eigenvalue weighted by molar-refractivity contribution is 5.85. The molecule has 1 fully saturated rings. The number of morpholine rings is 1.